The van der Waals surface area contributed by atoms with Crippen molar-refractivity contribution in [2.24, 2.45) is 0 Å². The first-order valence-electron chi connectivity index (χ1n) is 6.69. The third-order valence-corrected chi connectivity index (χ3v) is 4.12. The van der Waals surface area contributed by atoms with Gasteiger partial charge in [0.15, 0.2) is 11.6 Å². The Balaban J connectivity index is 1.84. The van der Waals surface area contributed by atoms with E-state index in [0.717, 1.165) is 10.7 Å². The van der Waals surface area contributed by atoms with E-state index in [2.05, 4.69) is 9.97 Å². The van der Waals surface area contributed by atoms with Crippen LogP contribution in [0.25, 0.3) is 11.6 Å². The molecule has 0 radical (unpaired) electrons. The van der Waals surface area contributed by atoms with Gasteiger partial charge in [0.2, 0.25) is 0 Å². The lowest BCUT2D eigenvalue weighted by atomic mass is 10.3. The first-order chi connectivity index (χ1) is 10.2. The van der Waals surface area contributed by atoms with Gasteiger partial charge in [-0.25, -0.2) is 9.78 Å². The molecule has 0 unspecified atom stereocenters. The summed E-state index contributed by atoms with van der Waals surface area (Å²) in [6, 6.07) is 3.55. The number of fused-ring (bicyclic) bond motifs is 1. The molecule has 0 spiro atoms. The Morgan fingerprint density at radius 3 is 3.14 bits per heavy atom. The molecule has 110 valence electrons. The van der Waals surface area contributed by atoms with Crippen molar-refractivity contribution >= 4 is 11.3 Å². The van der Waals surface area contributed by atoms with Gasteiger partial charge in [-0.05, 0) is 26.0 Å². The molecule has 2 aliphatic rings. The van der Waals surface area contributed by atoms with Crippen LogP contribution in [-0.2, 0) is 11.3 Å². The lowest BCUT2D eigenvalue weighted by Crippen LogP contribution is -2.06. The van der Waals surface area contributed by atoms with Crippen LogP contribution in [0.5, 0.6) is 0 Å². The van der Waals surface area contributed by atoms with Gasteiger partial charge in [0.25, 0.3) is 0 Å². The maximum absolute atomic E-state index is 11.2. The number of thiazole rings is 1. The van der Waals surface area contributed by atoms with Crippen LogP contribution in [0, 0.1) is 0 Å². The molecule has 1 atom stereocenters. The maximum atomic E-state index is 11.2. The van der Waals surface area contributed by atoms with Gasteiger partial charge < -0.3 is 13.7 Å². The highest BCUT2D eigenvalue weighted by Gasteiger charge is 2.15. The molecule has 6 nitrogen and oxygen atoms in total. The van der Waals surface area contributed by atoms with Crippen LogP contribution in [0.3, 0.4) is 0 Å². The molecule has 3 heterocycles. The van der Waals surface area contributed by atoms with E-state index >= 15 is 0 Å². The van der Waals surface area contributed by atoms with Crippen molar-refractivity contribution in [1.29, 1.82) is 0 Å². The van der Waals surface area contributed by atoms with Crippen molar-refractivity contribution in [2.75, 3.05) is 6.61 Å². The first kappa shape index (κ1) is 14.0. The van der Waals surface area contributed by atoms with Crippen LogP contribution in [0.4, 0.5) is 0 Å². The van der Waals surface area contributed by atoms with Crippen LogP contribution >= 0.6 is 11.3 Å². The Morgan fingerprint density at radius 2 is 2.33 bits per heavy atom. The highest BCUT2D eigenvalue weighted by atomic mass is 32.1. The second kappa shape index (κ2) is 5.79. The Morgan fingerprint density at radius 1 is 1.48 bits per heavy atom. The molecule has 0 amide bonds. The number of hydrogen-bond acceptors (Lipinski definition) is 6. The Kier molecular flexibility index (Phi) is 3.85. The molecule has 0 saturated carbocycles. The van der Waals surface area contributed by atoms with E-state index in [4.69, 9.17) is 9.15 Å². The topological polar surface area (TPSA) is 70.2 Å². The minimum absolute atomic E-state index is 0.00478. The van der Waals surface area contributed by atoms with Crippen molar-refractivity contribution < 1.29 is 9.15 Å². The molecule has 0 N–H and O–H groups in total. The highest BCUT2D eigenvalue weighted by Crippen LogP contribution is 2.23. The Labute approximate surface area is 125 Å². The average Bonchev–Trinajstić information content (AvgIpc) is 3.05. The molecular weight excluding hydrogens is 290 g/mol. The first-order valence-corrected chi connectivity index (χ1v) is 7.57. The molecule has 1 aromatic rings. The third kappa shape index (κ3) is 2.88. The molecule has 0 saturated heterocycles. The lowest BCUT2D eigenvalue weighted by Gasteiger charge is -2.08. The van der Waals surface area contributed by atoms with Crippen molar-refractivity contribution in [1.82, 2.24) is 14.5 Å². The monoisotopic (exact) mass is 305 g/mol. The summed E-state index contributed by atoms with van der Waals surface area (Å²) in [5.74, 6) is 0.449. The SMILES string of the molecule is CCO[C@H](C)c1nc(Cn2cccc3oc(=O)nc2-3)cs1. The summed E-state index contributed by atoms with van der Waals surface area (Å²) in [4.78, 5) is 19.7. The summed E-state index contributed by atoms with van der Waals surface area (Å²) in [5, 5.41) is 2.94. The number of aromatic nitrogens is 3. The van der Waals surface area contributed by atoms with Crippen LogP contribution in [0.2, 0.25) is 0 Å². The molecule has 21 heavy (non-hydrogen) atoms. The Hall–Kier alpha value is -1.99. The minimum atomic E-state index is -0.575. The molecule has 0 fully saturated rings. The molecule has 0 aliphatic carbocycles. The summed E-state index contributed by atoms with van der Waals surface area (Å²) in [5.41, 5.74) is 0.912. The van der Waals surface area contributed by atoms with Crippen molar-refractivity contribution in [3.63, 3.8) is 0 Å². The minimum Gasteiger partial charge on any atom is -0.405 e. The highest BCUT2D eigenvalue weighted by molar-refractivity contribution is 7.09. The van der Waals surface area contributed by atoms with Gasteiger partial charge in [-0.3, -0.25) is 0 Å². The summed E-state index contributed by atoms with van der Waals surface area (Å²) >= 11 is 1.57. The van der Waals surface area contributed by atoms with E-state index in [0.29, 0.717) is 24.7 Å². The molecule has 0 bridgehead atoms. The van der Waals surface area contributed by atoms with E-state index in [1.807, 2.05) is 36.1 Å². The van der Waals surface area contributed by atoms with Crippen LogP contribution in [-0.4, -0.2) is 21.1 Å². The second-order valence-corrected chi connectivity index (χ2v) is 5.47. The molecular formula is C14H15N3O3S. The van der Waals surface area contributed by atoms with Crippen molar-refractivity contribution in [3.8, 4) is 11.6 Å². The summed E-state index contributed by atoms with van der Waals surface area (Å²) in [6.07, 6.45) is 1.85. The van der Waals surface area contributed by atoms with E-state index in [1.165, 1.54) is 0 Å². The van der Waals surface area contributed by atoms with Gasteiger partial charge in [-0.15, -0.1) is 11.3 Å². The van der Waals surface area contributed by atoms with Crippen molar-refractivity contribution in [3.05, 3.63) is 45.0 Å². The smallest absolute Gasteiger partial charge is 0.405 e. The normalized spacial score (nSPS) is 12.9. The summed E-state index contributed by atoms with van der Waals surface area (Å²) in [6.45, 7) is 5.15. The molecule has 2 aliphatic heterocycles. The summed E-state index contributed by atoms with van der Waals surface area (Å²) < 4.78 is 12.4. The van der Waals surface area contributed by atoms with Crippen LogP contribution in [0.1, 0.15) is 30.7 Å². The van der Waals surface area contributed by atoms with E-state index in [-0.39, 0.29) is 6.10 Å². The van der Waals surface area contributed by atoms with Crippen LogP contribution in [0.15, 0.2) is 32.9 Å². The molecule has 3 rings (SSSR count). The number of oxazole rings is 1. The average molecular weight is 305 g/mol. The van der Waals surface area contributed by atoms with Gasteiger partial charge in [0, 0.05) is 18.2 Å². The van der Waals surface area contributed by atoms with Gasteiger partial charge in [0.1, 0.15) is 11.1 Å². The maximum Gasteiger partial charge on any atom is 0.441 e. The predicted molar refractivity (Wildman–Crippen MR) is 78.6 cm³/mol. The van der Waals surface area contributed by atoms with Gasteiger partial charge in [-0.2, -0.15) is 4.98 Å². The largest absolute Gasteiger partial charge is 0.441 e. The van der Waals surface area contributed by atoms with Gasteiger partial charge >= 0.3 is 5.76 Å². The number of rotatable bonds is 5. The van der Waals surface area contributed by atoms with Crippen molar-refractivity contribution in [2.45, 2.75) is 26.5 Å². The fraction of sp³-hybridized carbons (Fsp3) is 0.357. The zero-order chi connectivity index (χ0) is 14.8. The number of pyridine rings is 1. The van der Waals surface area contributed by atoms with E-state index in [9.17, 15) is 4.79 Å². The fourth-order valence-electron chi connectivity index (χ4n) is 2.13. The van der Waals surface area contributed by atoms with Gasteiger partial charge in [-0.1, -0.05) is 0 Å². The van der Waals surface area contributed by atoms with Crippen LogP contribution < -0.4 is 5.76 Å². The molecule has 7 heteroatoms. The van der Waals surface area contributed by atoms with E-state index < -0.39 is 5.76 Å². The lowest BCUT2D eigenvalue weighted by molar-refractivity contribution is 0.0761. The van der Waals surface area contributed by atoms with E-state index in [1.54, 1.807) is 17.4 Å². The molecule has 0 aromatic carbocycles. The third-order valence-electron chi connectivity index (χ3n) is 3.07. The summed E-state index contributed by atoms with van der Waals surface area (Å²) in [7, 11) is 0. The predicted octanol–water partition coefficient (Wildman–Crippen LogP) is 2.54. The number of nitrogens with zero attached hydrogens (tertiary/aromatic N) is 3. The standard InChI is InChI=1S/C14H15N3O3S/c1-3-19-9(2)13-15-10(8-21-13)7-17-6-4-5-11-12(17)16-14(18)20-11/h4-6,8-9H,3,7H2,1-2H3/t9-/m1/s1. The quantitative estimate of drug-likeness (QED) is 0.724. The second-order valence-electron chi connectivity index (χ2n) is 4.58. The number of ether oxygens (including phenoxy) is 1. The van der Waals surface area contributed by atoms with Gasteiger partial charge in [0.05, 0.1) is 12.2 Å². The Bertz CT molecular complexity index is 761. The zero-order valence-electron chi connectivity index (χ0n) is 11.8. The zero-order valence-corrected chi connectivity index (χ0v) is 12.6. The molecule has 1 aromatic heterocycles. The number of hydrogen-bond donors (Lipinski definition) is 0. The fourth-order valence-corrected chi connectivity index (χ4v) is 2.94.